The largest absolute Gasteiger partial charge is 0.331 e. The van der Waals surface area contributed by atoms with Crippen molar-refractivity contribution in [2.24, 2.45) is 0 Å². The number of nitrogens with one attached hydrogen (secondary N) is 1. The Morgan fingerprint density at radius 2 is 1.85 bits per heavy atom. The minimum absolute atomic E-state index is 0.0696. The van der Waals surface area contributed by atoms with Gasteiger partial charge >= 0.3 is 0 Å². The number of ketones is 1. The van der Waals surface area contributed by atoms with Crippen LogP contribution in [0.25, 0.3) is 16.5 Å². The maximum atomic E-state index is 14.7. The fraction of sp³-hybridized carbons (Fsp3) is 0.103. The van der Waals surface area contributed by atoms with Crippen LogP contribution in [-0.2, 0) is 21.4 Å². The zero-order valence-electron chi connectivity index (χ0n) is 20.5. The van der Waals surface area contributed by atoms with Crippen molar-refractivity contribution in [2.75, 3.05) is 0 Å². The number of hydrogen-bond acceptors (Lipinski definition) is 4. The molecule has 3 aromatic carbocycles. The first-order valence-corrected chi connectivity index (χ1v) is 13.7. The first kappa shape index (κ1) is 26.5. The summed E-state index contributed by atoms with van der Waals surface area (Å²) < 4.78 is 58.8. The van der Waals surface area contributed by atoms with Crippen molar-refractivity contribution in [2.45, 2.75) is 24.8 Å². The molecule has 0 radical (unpaired) electrons. The van der Waals surface area contributed by atoms with E-state index < -0.39 is 27.6 Å². The quantitative estimate of drug-likeness (QED) is 0.312. The Labute approximate surface area is 228 Å². The predicted octanol–water partition coefficient (Wildman–Crippen LogP) is 5.96. The van der Waals surface area contributed by atoms with Crippen LogP contribution in [0, 0.1) is 18.6 Å². The highest BCUT2D eigenvalue weighted by molar-refractivity contribution is 7.90. The minimum Gasteiger partial charge on any atom is -0.331 e. The lowest BCUT2D eigenvalue weighted by Gasteiger charge is -2.15. The lowest BCUT2D eigenvalue weighted by atomic mass is 9.93. The van der Waals surface area contributed by atoms with Gasteiger partial charge in [0.05, 0.1) is 11.4 Å². The lowest BCUT2D eigenvalue weighted by molar-refractivity contribution is -0.113. The molecule has 6 nitrogen and oxygen atoms in total. The second kappa shape index (κ2) is 10.2. The molecular formula is C29H21ClF2N2O4S. The van der Waals surface area contributed by atoms with E-state index in [-0.39, 0.29) is 46.0 Å². The number of carbonyl (C=O) groups excluding carboxylic acids is 2. The number of rotatable bonds is 6. The predicted molar refractivity (Wildman–Crippen MR) is 145 cm³/mol. The van der Waals surface area contributed by atoms with Gasteiger partial charge in [-0.2, -0.15) is 0 Å². The second-order valence-electron chi connectivity index (χ2n) is 9.04. The maximum absolute atomic E-state index is 14.7. The van der Waals surface area contributed by atoms with Crippen molar-refractivity contribution < 1.29 is 26.8 Å². The molecular weight excluding hydrogens is 546 g/mol. The van der Waals surface area contributed by atoms with Gasteiger partial charge in [-0.05, 0) is 55.0 Å². The van der Waals surface area contributed by atoms with Gasteiger partial charge in [-0.3, -0.25) is 9.59 Å². The van der Waals surface area contributed by atoms with Gasteiger partial charge in [-0.25, -0.2) is 21.9 Å². The van der Waals surface area contributed by atoms with Crippen molar-refractivity contribution in [3.8, 4) is 0 Å². The molecule has 5 rings (SSSR count). The molecule has 1 aliphatic carbocycles. The number of amides is 1. The summed E-state index contributed by atoms with van der Waals surface area (Å²) >= 11 is 6.28. The van der Waals surface area contributed by atoms with E-state index in [0.29, 0.717) is 21.5 Å². The van der Waals surface area contributed by atoms with Crippen LogP contribution in [0.3, 0.4) is 0 Å². The van der Waals surface area contributed by atoms with Crippen LogP contribution in [0.1, 0.15) is 33.6 Å². The molecule has 1 amide bonds. The molecule has 0 atom stereocenters. The van der Waals surface area contributed by atoms with Gasteiger partial charge in [-0.15, -0.1) is 0 Å². The van der Waals surface area contributed by atoms with Gasteiger partial charge in [-0.1, -0.05) is 48.0 Å². The summed E-state index contributed by atoms with van der Waals surface area (Å²) in [5, 5.41) is 0.685. The van der Waals surface area contributed by atoms with Crippen LogP contribution in [0.4, 0.5) is 8.78 Å². The fourth-order valence-corrected chi connectivity index (χ4v) is 6.06. The molecule has 0 unspecified atom stereocenters. The normalized spacial score (nSPS) is 13.5. The highest BCUT2D eigenvalue weighted by Crippen LogP contribution is 2.36. The fourth-order valence-electron chi connectivity index (χ4n) is 4.68. The first-order valence-electron chi connectivity index (χ1n) is 11.9. The molecule has 10 heteroatoms. The SMILES string of the molecule is Cc1ccccc1S(=O)(=O)NC(=O)c1c(C2=CC=CCC2=O)c2cc(Cl)ccc2n1Cc1cc(F)ccc1F. The van der Waals surface area contributed by atoms with Crippen LogP contribution in [-0.4, -0.2) is 24.7 Å². The van der Waals surface area contributed by atoms with Crippen molar-refractivity contribution in [3.05, 3.63) is 118 Å². The maximum Gasteiger partial charge on any atom is 0.282 e. The third-order valence-electron chi connectivity index (χ3n) is 6.46. The van der Waals surface area contributed by atoms with E-state index in [1.54, 1.807) is 49.4 Å². The van der Waals surface area contributed by atoms with E-state index in [1.807, 2.05) is 0 Å². The number of allylic oxidation sites excluding steroid dienone is 4. The average molecular weight is 567 g/mol. The van der Waals surface area contributed by atoms with E-state index in [2.05, 4.69) is 4.72 Å². The van der Waals surface area contributed by atoms with Crippen molar-refractivity contribution in [1.82, 2.24) is 9.29 Å². The van der Waals surface area contributed by atoms with Gasteiger partial charge in [0.1, 0.15) is 17.3 Å². The van der Waals surface area contributed by atoms with E-state index >= 15 is 0 Å². The second-order valence-corrected chi connectivity index (χ2v) is 11.1. The molecule has 198 valence electrons. The van der Waals surface area contributed by atoms with Crippen LogP contribution < -0.4 is 4.72 Å². The van der Waals surface area contributed by atoms with Crippen LogP contribution in [0.2, 0.25) is 5.02 Å². The van der Waals surface area contributed by atoms with Gasteiger partial charge in [0.15, 0.2) is 5.78 Å². The summed E-state index contributed by atoms with van der Waals surface area (Å²) in [7, 11) is -4.34. The molecule has 1 N–H and O–H groups in total. The molecule has 39 heavy (non-hydrogen) atoms. The number of sulfonamides is 1. The standard InChI is InChI=1S/C29H21ClF2N2O4S/c1-17-6-2-5-9-26(17)39(37,38)33-29(36)28-27(21-7-3-4-8-25(21)35)22-15-19(30)10-13-24(22)34(28)16-18-14-20(31)11-12-23(18)32/h2-7,9-15H,8,16H2,1H3,(H,33,36). The minimum atomic E-state index is -4.34. The number of aromatic nitrogens is 1. The molecule has 4 aromatic rings. The Hall–Kier alpha value is -4.08. The number of nitrogens with zero attached hydrogens (tertiary/aromatic N) is 1. The number of benzene rings is 3. The van der Waals surface area contributed by atoms with Crippen LogP contribution in [0.5, 0.6) is 0 Å². The van der Waals surface area contributed by atoms with Crippen molar-refractivity contribution in [3.63, 3.8) is 0 Å². The smallest absolute Gasteiger partial charge is 0.282 e. The topological polar surface area (TPSA) is 85.2 Å². The van der Waals surface area contributed by atoms with Crippen molar-refractivity contribution >= 4 is 49.8 Å². The highest BCUT2D eigenvalue weighted by Gasteiger charge is 2.31. The number of carbonyl (C=O) groups is 2. The zero-order chi connectivity index (χ0) is 27.9. The van der Waals surface area contributed by atoms with E-state index in [9.17, 15) is 26.8 Å². The summed E-state index contributed by atoms with van der Waals surface area (Å²) in [6.45, 7) is 1.26. The number of halogens is 3. The molecule has 1 aliphatic rings. The van der Waals surface area contributed by atoms with Gasteiger partial charge in [0.25, 0.3) is 15.9 Å². The summed E-state index contributed by atoms with van der Waals surface area (Å²) in [6, 6.07) is 13.8. The monoisotopic (exact) mass is 566 g/mol. The molecule has 0 saturated carbocycles. The van der Waals surface area contributed by atoms with Crippen LogP contribution >= 0.6 is 11.6 Å². The summed E-state index contributed by atoms with van der Waals surface area (Å²) in [4.78, 5) is 26.8. The van der Waals surface area contributed by atoms with E-state index in [0.717, 1.165) is 18.2 Å². The molecule has 0 spiro atoms. The summed E-state index contributed by atoms with van der Waals surface area (Å²) in [5.74, 6) is -2.75. The third kappa shape index (κ3) is 5.03. The molecule has 1 heterocycles. The summed E-state index contributed by atoms with van der Waals surface area (Å²) in [5.41, 5.74) is 0.830. The molecule has 0 aliphatic heterocycles. The van der Waals surface area contributed by atoms with Gasteiger partial charge < -0.3 is 4.57 Å². The Kier molecular flexibility index (Phi) is 6.96. The van der Waals surface area contributed by atoms with Crippen molar-refractivity contribution in [1.29, 1.82) is 0 Å². The number of aryl methyl sites for hydroxylation is 1. The molecule has 1 aromatic heterocycles. The third-order valence-corrected chi connectivity index (χ3v) is 8.19. The Bertz CT molecular complexity index is 1840. The highest BCUT2D eigenvalue weighted by atomic mass is 35.5. The average Bonchev–Trinajstić information content (AvgIpc) is 3.19. The molecule has 0 bridgehead atoms. The number of hydrogen-bond donors (Lipinski definition) is 1. The van der Waals surface area contributed by atoms with Gasteiger partial charge in [0.2, 0.25) is 0 Å². The van der Waals surface area contributed by atoms with E-state index in [4.69, 9.17) is 11.6 Å². The zero-order valence-corrected chi connectivity index (χ0v) is 22.1. The molecule has 0 fully saturated rings. The molecule has 0 saturated heterocycles. The Balaban J connectivity index is 1.77. The van der Waals surface area contributed by atoms with Gasteiger partial charge in [0, 0.05) is 39.0 Å². The number of Topliss-reactive ketones (excluding diaryl/α,β-unsaturated/α-hetero) is 1. The first-order chi connectivity index (χ1) is 18.6. The van der Waals surface area contributed by atoms with Crippen LogP contribution in [0.15, 0.2) is 83.8 Å². The lowest BCUT2D eigenvalue weighted by Crippen LogP contribution is -2.33. The number of fused-ring (bicyclic) bond motifs is 1. The Morgan fingerprint density at radius 3 is 2.59 bits per heavy atom. The van der Waals surface area contributed by atoms with E-state index in [1.165, 1.54) is 22.8 Å². The Morgan fingerprint density at radius 1 is 1.08 bits per heavy atom. The summed E-state index contributed by atoms with van der Waals surface area (Å²) in [6.07, 6.45) is 4.91.